The number of nitrogens with one attached hydrogen (secondary N) is 1. The minimum absolute atomic E-state index is 0.131. The Hall–Kier alpha value is -0.570. The lowest BCUT2D eigenvalue weighted by molar-refractivity contribution is -0.123. The van der Waals surface area contributed by atoms with Crippen molar-refractivity contribution in [2.45, 2.75) is 59.4 Å². The molecule has 104 valence electrons. The van der Waals surface area contributed by atoms with E-state index in [4.69, 9.17) is 5.73 Å². The molecule has 0 aromatic rings. The standard InChI is InChI=1S/C15H28N2O/c1-14(2)12(15(14,3)4)13(18)17-9-10-7-5-6-8-11(10)16/h10-12H,5-9,16H2,1-4H3,(H,17,18). The average molecular weight is 252 g/mol. The Morgan fingerprint density at radius 3 is 2.22 bits per heavy atom. The third-order valence-corrected chi connectivity index (χ3v) is 5.79. The molecule has 0 aromatic carbocycles. The second-order valence-electron chi connectivity index (χ2n) is 7.33. The van der Waals surface area contributed by atoms with Crippen LogP contribution in [0.2, 0.25) is 0 Å². The van der Waals surface area contributed by atoms with Gasteiger partial charge in [-0.25, -0.2) is 0 Å². The number of hydrogen-bond acceptors (Lipinski definition) is 2. The van der Waals surface area contributed by atoms with E-state index in [2.05, 4.69) is 33.0 Å². The third kappa shape index (κ3) is 2.18. The molecule has 0 saturated heterocycles. The maximum absolute atomic E-state index is 12.2. The number of rotatable bonds is 3. The van der Waals surface area contributed by atoms with Crippen LogP contribution in [0.25, 0.3) is 0 Å². The Morgan fingerprint density at radius 2 is 1.72 bits per heavy atom. The molecule has 3 N–H and O–H groups in total. The van der Waals surface area contributed by atoms with Crippen LogP contribution in [-0.2, 0) is 4.79 Å². The second-order valence-corrected chi connectivity index (χ2v) is 7.33. The van der Waals surface area contributed by atoms with Crippen LogP contribution >= 0.6 is 0 Å². The van der Waals surface area contributed by atoms with E-state index in [-0.39, 0.29) is 28.7 Å². The van der Waals surface area contributed by atoms with Gasteiger partial charge in [-0.2, -0.15) is 0 Å². The zero-order valence-electron chi connectivity index (χ0n) is 12.3. The van der Waals surface area contributed by atoms with Gasteiger partial charge in [-0.1, -0.05) is 40.5 Å². The molecule has 0 radical (unpaired) electrons. The summed E-state index contributed by atoms with van der Waals surface area (Å²) < 4.78 is 0. The van der Waals surface area contributed by atoms with Gasteiger partial charge in [0.1, 0.15) is 0 Å². The summed E-state index contributed by atoms with van der Waals surface area (Å²) in [6, 6.07) is 0.277. The van der Waals surface area contributed by atoms with Crippen LogP contribution in [0.15, 0.2) is 0 Å². The van der Waals surface area contributed by atoms with Crippen molar-refractivity contribution in [3.8, 4) is 0 Å². The predicted octanol–water partition coefficient (Wildman–Crippen LogP) is 2.30. The molecule has 3 heteroatoms. The van der Waals surface area contributed by atoms with Gasteiger partial charge < -0.3 is 11.1 Å². The number of carbonyl (C=O) groups excluding carboxylic acids is 1. The second kappa shape index (κ2) is 4.52. The molecule has 2 aliphatic rings. The molecule has 0 aromatic heterocycles. The first kappa shape index (κ1) is 13.9. The third-order valence-electron chi connectivity index (χ3n) is 5.79. The first-order valence-electron chi connectivity index (χ1n) is 7.32. The van der Waals surface area contributed by atoms with E-state index in [9.17, 15) is 4.79 Å². The molecule has 3 nitrogen and oxygen atoms in total. The van der Waals surface area contributed by atoms with Crippen molar-refractivity contribution in [3.05, 3.63) is 0 Å². The Morgan fingerprint density at radius 1 is 1.17 bits per heavy atom. The van der Waals surface area contributed by atoms with E-state index in [0.717, 1.165) is 13.0 Å². The van der Waals surface area contributed by atoms with Crippen LogP contribution in [0.1, 0.15) is 53.4 Å². The van der Waals surface area contributed by atoms with Crippen LogP contribution in [-0.4, -0.2) is 18.5 Å². The van der Waals surface area contributed by atoms with Crippen molar-refractivity contribution in [2.75, 3.05) is 6.54 Å². The maximum atomic E-state index is 12.2. The smallest absolute Gasteiger partial charge is 0.224 e. The van der Waals surface area contributed by atoms with Crippen molar-refractivity contribution < 1.29 is 4.79 Å². The molecule has 2 rings (SSSR count). The van der Waals surface area contributed by atoms with Crippen molar-refractivity contribution in [3.63, 3.8) is 0 Å². The molecule has 2 unspecified atom stereocenters. The number of carbonyl (C=O) groups is 1. The molecule has 2 saturated carbocycles. The minimum Gasteiger partial charge on any atom is -0.355 e. The lowest BCUT2D eigenvalue weighted by Crippen LogP contribution is -2.41. The highest BCUT2D eigenvalue weighted by molar-refractivity contribution is 5.84. The fraction of sp³-hybridized carbons (Fsp3) is 0.933. The van der Waals surface area contributed by atoms with Gasteiger partial charge in [-0.3, -0.25) is 4.79 Å². The van der Waals surface area contributed by atoms with E-state index in [1.807, 2.05) is 0 Å². The monoisotopic (exact) mass is 252 g/mol. The maximum Gasteiger partial charge on any atom is 0.224 e. The highest BCUT2D eigenvalue weighted by Gasteiger charge is 2.68. The molecule has 2 atom stereocenters. The number of nitrogens with two attached hydrogens (primary N) is 1. The van der Waals surface area contributed by atoms with Crippen molar-refractivity contribution >= 4 is 5.91 Å². The molecule has 18 heavy (non-hydrogen) atoms. The highest BCUT2D eigenvalue weighted by atomic mass is 16.2. The largest absolute Gasteiger partial charge is 0.355 e. The summed E-state index contributed by atoms with van der Waals surface area (Å²) in [5.41, 5.74) is 6.37. The van der Waals surface area contributed by atoms with E-state index < -0.39 is 0 Å². The topological polar surface area (TPSA) is 55.1 Å². The first-order chi connectivity index (χ1) is 8.28. The molecule has 0 spiro atoms. The molecular weight excluding hydrogens is 224 g/mol. The summed E-state index contributed by atoms with van der Waals surface area (Å²) in [4.78, 5) is 12.2. The molecular formula is C15H28N2O. The van der Waals surface area contributed by atoms with E-state index >= 15 is 0 Å². The summed E-state index contributed by atoms with van der Waals surface area (Å²) in [5, 5.41) is 3.14. The summed E-state index contributed by atoms with van der Waals surface area (Å²) in [7, 11) is 0. The molecule has 0 bridgehead atoms. The normalized spacial score (nSPS) is 34.1. The highest BCUT2D eigenvalue weighted by Crippen LogP contribution is 2.68. The number of amides is 1. The Kier molecular flexibility index (Phi) is 3.48. The summed E-state index contributed by atoms with van der Waals surface area (Å²) in [6.45, 7) is 9.50. The van der Waals surface area contributed by atoms with Crippen LogP contribution in [0.5, 0.6) is 0 Å². The van der Waals surface area contributed by atoms with Gasteiger partial charge >= 0.3 is 0 Å². The van der Waals surface area contributed by atoms with Gasteiger partial charge in [0.05, 0.1) is 0 Å². The molecule has 0 aliphatic heterocycles. The van der Waals surface area contributed by atoms with E-state index in [0.29, 0.717) is 5.92 Å². The lowest BCUT2D eigenvalue weighted by Gasteiger charge is -2.28. The lowest BCUT2D eigenvalue weighted by atomic mass is 9.85. The van der Waals surface area contributed by atoms with Crippen LogP contribution < -0.4 is 11.1 Å². The zero-order chi connectivity index (χ0) is 13.6. The summed E-state index contributed by atoms with van der Waals surface area (Å²) in [6.07, 6.45) is 4.78. The van der Waals surface area contributed by atoms with Gasteiger partial charge in [-0.05, 0) is 29.6 Å². The van der Waals surface area contributed by atoms with Gasteiger partial charge in [0, 0.05) is 18.5 Å². The fourth-order valence-corrected chi connectivity index (χ4v) is 3.68. The van der Waals surface area contributed by atoms with Gasteiger partial charge in [0.15, 0.2) is 0 Å². The van der Waals surface area contributed by atoms with E-state index in [1.54, 1.807) is 0 Å². The molecule has 2 fully saturated rings. The first-order valence-corrected chi connectivity index (χ1v) is 7.32. The fourth-order valence-electron chi connectivity index (χ4n) is 3.68. The van der Waals surface area contributed by atoms with Crippen molar-refractivity contribution in [1.29, 1.82) is 0 Å². The minimum atomic E-state index is 0.131. The number of hydrogen-bond donors (Lipinski definition) is 2. The van der Waals surface area contributed by atoms with Crippen LogP contribution in [0.4, 0.5) is 0 Å². The zero-order valence-corrected chi connectivity index (χ0v) is 12.3. The predicted molar refractivity (Wildman–Crippen MR) is 74.0 cm³/mol. The van der Waals surface area contributed by atoms with E-state index in [1.165, 1.54) is 19.3 Å². The SMILES string of the molecule is CC1(C)C(C(=O)NCC2CCCCC2N)C1(C)C. The molecule has 1 amide bonds. The quantitative estimate of drug-likeness (QED) is 0.810. The summed E-state index contributed by atoms with van der Waals surface area (Å²) >= 11 is 0. The molecule has 2 aliphatic carbocycles. The van der Waals surface area contributed by atoms with Crippen molar-refractivity contribution in [1.82, 2.24) is 5.32 Å². The Labute approximate surface area is 111 Å². The van der Waals surface area contributed by atoms with Crippen LogP contribution in [0.3, 0.4) is 0 Å². The van der Waals surface area contributed by atoms with Gasteiger partial charge in [0.2, 0.25) is 5.91 Å². The Bertz CT molecular complexity index is 321. The molecule has 0 heterocycles. The summed E-state index contributed by atoms with van der Waals surface area (Å²) in [5.74, 6) is 0.861. The van der Waals surface area contributed by atoms with Gasteiger partial charge in [-0.15, -0.1) is 0 Å². The van der Waals surface area contributed by atoms with Crippen molar-refractivity contribution in [2.24, 2.45) is 28.4 Å². The Balaban J connectivity index is 1.83. The van der Waals surface area contributed by atoms with Crippen LogP contribution in [0, 0.1) is 22.7 Å². The van der Waals surface area contributed by atoms with Gasteiger partial charge in [0.25, 0.3) is 0 Å². The average Bonchev–Trinajstić information content (AvgIpc) is 2.68.